The number of anilines is 1. The molecule has 0 saturated heterocycles. The molecule has 0 spiro atoms. The molecule has 0 radical (unpaired) electrons. The van der Waals surface area contributed by atoms with Crippen LogP contribution < -0.4 is 5.32 Å². The summed E-state index contributed by atoms with van der Waals surface area (Å²) < 4.78 is 13.0. The minimum absolute atomic E-state index is 0.310. The highest BCUT2D eigenvalue weighted by Crippen LogP contribution is 2.13. The standard InChI is InChI=1S/C15H13BrFNO/c16-9-8-11-4-6-14(7-5-11)18-15(19)12-2-1-3-13(17)10-12/h1-7,10H,8-9H2,(H,18,19). The molecule has 19 heavy (non-hydrogen) atoms. The van der Waals surface area contributed by atoms with Crippen molar-refractivity contribution >= 4 is 27.5 Å². The van der Waals surface area contributed by atoms with Crippen LogP contribution in [0.15, 0.2) is 48.5 Å². The molecule has 0 unspecified atom stereocenters. The number of rotatable bonds is 4. The number of carbonyl (C=O) groups is 1. The Morgan fingerprint density at radius 3 is 2.53 bits per heavy atom. The maximum atomic E-state index is 13.0. The number of alkyl halides is 1. The fourth-order valence-corrected chi connectivity index (χ4v) is 2.15. The molecular formula is C15H13BrFNO. The van der Waals surface area contributed by atoms with Gasteiger partial charge in [-0.3, -0.25) is 4.79 Å². The number of halogens is 2. The molecule has 98 valence electrons. The van der Waals surface area contributed by atoms with E-state index in [-0.39, 0.29) is 5.91 Å². The normalized spacial score (nSPS) is 10.2. The lowest BCUT2D eigenvalue weighted by molar-refractivity contribution is 0.102. The first-order valence-electron chi connectivity index (χ1n) is 5.91. The predicted molar refractivity (Wildman–Crippen MR) is 78.3 cm³/mol. The molecule has 0 saturated carbocycles. The molecule has 2 nitrogen and oxygen atoms in total. The van der Waals surface area contributed by atoms with E-state index < -0.39 is 5.82 Å². The molecule has 1 N–H and O–H groups in total. The topological polar surface area (TPSA) is 29.1 Å². The van der Waals surface area contributed by atoms with E-state index in [1.807, 2.05) is 24.3 Å². The lowest BCUT2D eigenvalue weighted by Crippen LogP contribution is -2.11. The van der Waals surface area contributed by atoms with Gasteiger partial charge < -0.3 is 5.32 Å². The van der Waals surface area contributed by atoms with Crippen LogP contribution in [0, 0.1) is 5.82 Å². The summed E-state index contributed by atoms with van der Waals surface area (Å²) in [6, 6.07) is 13.2. The summed E-state index contributed by atoms with van der Waals surface area (Å²) >= 11 is 3.38. The number of carbonyl (C=O) groups excluding carboxylic acids is 1. The van der Waals surface area contributed by atoms with Crippen LogP contribution in [0.3, 0.4) is 0 Å². The third kappa shape index (κ3) is 3.89. The minimum atomic E-state index is -0.416. The van der Waals surface area contributed by atoms with Crippen molar-refractivity contribution in [2.24, 2.45) is 0 Å². The second kappa shape index (κ2) is 6.48. The Hall–Kier alpha value is -1.68. The molecule has 0 aliphatic heterocycles. The lowest BCUT2D eigenvalue weighted by atomic mass is 10.1. The number of aryl methyl sites for hydroxylation is 1. The number of benzene rings is 2. The number of hydrogen-bond acceptors (Lipinski definition) is 1. The van der Waals surface area contributed by atoms with Crippen molar-refractivity contribution in [2.75, 3.05) is 10.6 Å². The fraction of sp³-hybridized carbons (Fsp3) is 0.133. The molecule has 0 heterocycles. The van der Waals surface area contributed by atoms with Crippen LogP contribution in [0.5, 0.6) is 0 Å². The molecule has 4 heteroatoms. The Morgan fingerprint density at radius 2 is 1.89 bits per heavy atom. The van der Waals surface area contributed by atoms with E-state index in [1.165, 1.54) is 23.8 Å². The van der Waals surface area contributed by atoms with E-state index in [0.717, 1.165) is 11.8 Å². The van der Waals surface area contributed by atoms with Crippen LogP contribution in [0.4, 0.5) is 10.1 Å². The van der Waals surface area contributed by atoms with E-state index in [0.29, 0.717) is 11.3 Å². The van der Waals surface area contributed by atoms with E-state index in [1.54, 1.807) is 6.07 Å². The first-order valence-corrected chi connectivity index (χ1v) is 7.03. The molecule has 0 atom stereocenters. The zero-order chi connectivity index (χ0) is 13.7. The molecular weight excluding hydrogens is 309 g/mol. The number of hydrogen-bond donors (Lipinski definition) is 1. The van der Waals surface area contributed by atoms with Crippen molar-refractivity contribution < 1.29 is 9.18 Å². The second-order valence-corrected chi connectivity index (χ2v) is 4.89. The van der Waals surface area contributed by atoms with Crippen LogP contribution in [0.2, 0.25) is 0 Å². The van der Waals surface area contributed by atoms with Crippen molar-refractivity contribution in [3.63, 3.8) is 0 Å². The van der Waals surface area contributed by atoms with Crippen LogP contribution >= 0.6 is 15.9 Å². The largest absolute Gasteiger partial charge is 0.322 e. The maximum Gasteiger partial charge on any atom is 0.255 e. The average molecular weight is 322 g/mol. The van der Waals surface area contributed by atoms with E-state index in [2.05, 4.69) is 21.2 Å². The third-order valence-corrected chi connectivity index (χ3v) is 3.08. The average Bonchev–Trinajstić information content (AvgIpc) is 2.41. The second-order valence-electron chi connectivity index (χ2n) is 4.10. The molecule has 0 aliphatic carbocycles. The van der Waals surface area contributed by atoms with Crippen LogP contribution in [0.1, 0.15) is 15.9 Å². The van der Waals surface area contributed by atoms with Gasteiger partial charge in [0.15, 0.2) is 0 Å². The van der Waals surface area contributed by atoms with Gasteiger partial charge in [0.25, 0.3) is 5.91 Å². The van der Waals surface area contributed by atoms with Crippen molar-refractivity contribution in [2.45, 2.75) is 6.42 Å². The molecule has 2 aromatic carbocycles. The Bertz CT molecular complexity index is 569. The fourth-order valence-electron chi connectivity index (χ4n) is 1.70. The summed E-state index contributed by atoms with van der Waals surface area (Å²) in [5, 5.41) is 3.64. The van der Waals surface area contributed by atoms with Crippen molar-refractivity contribution in [3.8, 4) is 0 Å². The smallest absolute Gasteiger partial charge is 0.255 e. The Balaban J connectivity index is 2.06. The monoisotopic (exact) mass is 321 g/mol. The quantitative estimate of drug-likeness (QED) is 0.847. The Labute approximate surface area is 119 Å². The third-order valence-electron chi connectivity index (χ3n) is 2.68. The SMILES string of the molecule is O=C(Nc1ccc(CCBr)cc1)c1cccc(F)c1. The van der Waals surface area contributed by atoms with Gasteiger partial charge in [0.1, 0.15) is 5.82 Å². The minimum Gasteiger partial charge on any atom is -0.322 e. The Morgan fingerprint density at radius 1 is 1.16 bits per heavy atom. The van der Waals surface area contributed by atoms with Gasteiger partial charge in [0, 0.05) is 16.6 Å². The van der Waals surface area contributed by atoms with Crippen molar-refractivity contribution in [3.05, 3.63) is 65.5 Å². The molecule has 2 aromatic rings. The highest BCUT2D eigenvalue weighted by molar-refractivity contribution is 9.09. The highest BCUT2D eigenvalue weighted by Gasteiger charge is 2.06. The van der Waals surface area contributed by atoms with Crippen molar-refractivity contribution in [1.82, 2.24) is 0 Å². The zero-order valence-corrected chi connectivity index (χ0v) is 11.8. The molecule has 0 fully saturated rings. The predicted octanol–water partition coefficient (Wildman–Crippen LogP) is 4.02. The molecule has 0 aliphatic rings. The summed E-state index contributed by atoms with van der Waals surface area (Å²) in [5.41, 5.74) is 2.21. The summed E-state index contributed by atoms with van der Waals surface area (Å²) in [6.07, 6.45) is 0.943. The van der Waals surface area contributed by atoms with Crippen LogP contribution in [-0.4, -0.2) is 11.2 Å². The van der Waals surface area contributed by atoms with Gasteiger partial charge in [-0.25, -0.2) is 4.39 Å². The van der Waals surface area contributed by atoms with Gasteiger partial charge in [-0.05, 0) is 42.3 Å². The van der Waals surface area contributed by atoms with Gasteiger partial charge in [0.2, 0.25) is 0 Å². The van der Waals surface area contributed by atoms with Gasteiger partial charge >= 0.3 is 0 Å². The Kier molecular flexibility index (Phi) is 4.68. The zero-order valence-electron chi connectivity index (χ0n) is 10.2. The van der Waals surface area contributed by atoms with Gasteiger partial charge in [-0.1, -0.05) is 34.1 Å². The molecule has 0 aromatic heterocycles. The van der Waals surface area contributed by atoms with Gasteiger partial charge in [0.05, 0.1) is 0 Å². The van der Waals surface area contributed by atoms with Crippen LogP contribution in [-0.2, 0) is 6.42 Å². The van der Waals surface area contributed by atoms with Crippen LogP contribution in [0.25, 0.3) is 0 Å². The lowest BCUT2D eigenvalue weighted by Gasteiger charge is -2.06. The van der Waals surface area contributed by atoms with Crippen molar-refractivity contribution in [1.29, 1.82) is 0 Å². The summed E-state index contributed by atoms with van der Waals surface area (Å²) in [4.78, 5) is 11.9. The first kappa shape index (κ1) is 13.7. The molecule has 0 bridgehead atoms. The summed E-state index contributed by atoms with van der Waals surface area (Å²) in [6.45, 7) is 0. The molecule has 2 rings (SSSR count). The number of amides is 1. The molecule has 1 amide bonds. The van der Waals surface area contributed by atoms with E-state index in [9.17, 15) is 9.18 Å². The highest BCUT2D eigenvalue weighted by atomic mass is 79.9. The summed E-state index contributed by atoms with van der Waals surface area (Å²) in [5.74, 6) is -0.729. The maximum absolute atomic E-state index is 13.0. The van der Waals surface area contributed by atoms with E-state index in [4.69, 9.17) is 0 Å². The van der Waals surface area contributed by atoms with E-state index >= 15 is 0 Å². The van der Waals surface area contributed by atoms with Gasteiger partial charge in [-0.2, -0.15) is 0 Å². The first-order chi connectivity index (χ1) is 9.19. The summed E-state index contributed by atoms with van der Waals surface area (Å²) in [7, 11) is 0. The van der Waals surface area contributed by atoms with Gasteiger partial charge in [-0.15, -0.1) is 0 Å². The number of nitrogens with one attached hydrogen (secondary N) is 1.